The molecule has 2 saturated carbocycles. The number of hydrogen-bond acceptors (Lipinski definition) is 4. The summed E-state index contributed by atoms with van der Waals surface area (Å²) in [6, 6.07) is 9.64. The zero-order valence-corrected chi connectivity index (χ0v) is 15.4. The van der Waals surface area contributed by atoms with Crippen molar-refractivity contribution in [2.24, 2.45) is 0 Å². The van der Waals surface area contributed by atoms with Gasteiger partial charge in [-0.3, -0.25) is 0 Å². The van der Waals surface area contributed by atoms with Gasteiger partial charge in [0, 0.05) is 11.5 Å². The Hall–Kier alpha value is -1.58. The first-order valence-electron chi connectivity index (χ1n) is 7.94. The second-order valence-electron chi connectivity index (χ2n) is 5.36. The Morgan fingerprint density at radius 3 is 1.85 bits per heavy atom. The minimum Gasteiger partial charge on any atom is -0.497 e. The molecule has 2 fully saturated rings. The van der Waals surface area contributed by atoms with E-state index in [1.807, 2.05) is 88.1 Å². The molecular weight excluding hydrogens is 366 g/mol. The quantitative estimate of drug-likeness (QED) is 0.822. The second-order valence-corrected chi connectivity index (χ2v) is 5.36. The topological polar surface area (TPSA) is 61.0 Å². The standard InChI is InChI=1S/C16H14N3O.C5H5.Fe/c1-20-13-8-6-12(7-9-13)15-10-14(18-16(17)19-15)11-4-2-3-5-11;1-2-4-5-3-1;/h2-10H,1H3,(H2,17,18,19);1-5H;/q;;+2. The number of aromatic nitrogens is 2. The van der Waals surface area contributed by atoms with Crippen LogP contribution in [0.3, 0.4) is 0 Å². The number of methoxy groups -OCH3 is 1. The number of ether oxygens (including phenoxy) is 1. The maximum Gasteiger partial charge on any atom is 2.00 e. The number of rotatable bonds is 3. The van der Waals surface area contributed by atoms with Gasteiger partial charge in [-0.05, 0) is 88.1 Å². The van der Waals surface area contributed by atoms with Crippen LogP contribution in [0.25, 0.3) is 11.3 Å². The average molecular weight is 385 g/mol. The molecule has 2 aliphatic rings. The van der Waals surface area contributed by atoms with Gasteiger partial charge in [0.25, 0.3) is 0 Å². The van der Waals surface area contributed by atoms with Crippen molar-refractivity contribution in [1.29, 1.82) is 0 Å². The summed E-state index contributed by atoms with van der Waals surface area (Å²) in [5.41, 5.74) is 8.42. The molecular formula is C21H19FeN3O+2. The van der Waals surface area contributed by atoms with Crippen molar-refractivity contribution in [1.82, 2.24) is 9.97 Å². The van der Waals surface area contributed by atoms with Gasteiger partial charge in [-0.25, -0.2) is 9.97 Å². The monoisotopic (exact) mass is 385 g/mol. The average Bonchev–Trinajstić information content (AvgIpc) is 3.37. The van der Waals surface area contributed by atoms with E-state index in [4.69, 9.17) is 10.5 Å². The first-order valence-corrected chi connectivity index (χ1v) is 7.94. The summed E-state index contributed by atoms with van der Waals surface area (Å²) in [6.45, 7) is 0. The third-order valence-electron chi connectivity index (χ3n) is 3.64. The van der Waals surface area contributed by atoms with E-state index in [9.17, 15) is 0 Å². The zero-order valence-electron chi connectivity index (χ0n) is 14.3. The minimum atomic E-state index is 0. The summed E-state index contributed by atoms with van der Waals surface area (Å²) in [4.78, 5) is 8.57. The normalized spacial score (nSPS) is 16.5. The van der Waals surface area contributed by atoms with Crippen molar-refractivity contribution in [2.45, 2.75) is 0 Å². The maximum absolute atomic E-state index is 5.81. The van der Waals surface area contributed by atoms with E-state index >= 15 is 0 Å². The smallest absolute Gasteiger partial charge is 0.497 e. The van der Waals surface area contributed by atoms with Gasteiger partial charge in [-0.1, -0.05) is 0 Å². The zero-order chi connectivity index (χ0) is 17.5. The van der Waals surface area contributed by atoms with Crippen molar-refractivity contribution in [2.75, 3.05) is 12.8 Å². The number of anilines is 1. The van der Waals surface area contributed by atoms with E-state index in [1.165, 1.54) is 0 Å². The molecule has 0 atom stereocenters. The molecule has 26 heavy (non-hydrogen) atoms. The Morgan fingerprint density at radius 2 is 1.31 bits per heavy atom. The molecule has 1 heterocycles. The van der Waals surface area contributed by atoms with Crippen LogP contribution < -0.4 is 10.5 Å². The summed E-state index contributed by atoms with van der Waals surface area (Å²) in [5.74, 6) is 2.12. The Bertz CT molecular complexity index is 658. The number of nitrogens with two attached hydrogens (primary N) is 1. The SMILES string of the molecule is COc1ccc(-c2cc([C]3[CH][CH][CH][CH]3)nc(N)n2)cc1.[CH]1[CH][CH][CH][CH]1.[Fe+2]. The molecule has 0 aliphatic heterocycles. The molecule has 5 heteroatoms. The second kappa shape index (κ2) is 10.5. The van der Waals surface area contributed by atoms with Gasteiger partial charge in [-0.2, -0.15) is 0 Å². The summed E-state index contributed by atoms with van der Waals surface area (Å²) < 4.78 is 5.15. The fraction of sp³-hybridized carbons (Fsp3) is 0.0476. The Balaban J connectivity index is 0.000000351. The summed E-state index contributed by atoms with van der Waals surface area (Å²) in [5, 5.41) is 0. The molecule has 130 valence electrons. The number of nitrogens with zero attached hydrogens (tertiary/aromatic N) is 2. The van der Waals surface area contributed by atoms with Crippen LogP contribution in [0.4, 0.5) is 5.95 Å². The van der Waals surface area contributed by atoms with Crippen LogP contribution >= 0.6 is 0 Å². The van der Waals surface area contributed by atoms with E-state index in [2.05, 4.69) is 9.97 Å². The molecule has 2 aromatic rings. The van der Waals surface area contributed by atoms with E-state index < -0.39 is 0 Å². The summed E-state index contributed by atoms with van der Waals surface area (Å²) in [6.07, 6.45) is 17.9. The van der Waals surface area contributed by atoms with Crippen LogP contribution in [0.1, 0.15) is 5.69 Å². The third kappa shape index (κ3) is 5.72. The molecule has 4 rings (SSSR count). The van der Waals surface area contributed by atoms with Gasteiger partial charge in [0.05, 0.1) is 18.5 Å². The molecule has 2 aliphatic carbocycles. The van der Waals surface area contributed by atoms with Crippen LogP contribution in [0.2, 0.25) is 0 Å². The molecule has 0 spiro atoms. The predicted molar refractivity (Wildman–Crippen MR) is 99.5 cm³/mol. The molecule has 0 unspecified atom stereocenters. The van der Waals surface area contributed by atoms with Crippen molar-refractivity contribution in [3.8, 4) is 17.0 Å². The van der Waals surface area contributed by atoms with Crippen LogP contribution in [0.5, 0.6) is 5.75 Å². The van der Waals surface area contributed by atoms with E-state index in [0.29, 0.717) is 0 Å². The molecule has 4 nitrogen and oxygen atoms in total. The van der Waals surface area contributed by atoms with Crippen molar-refractivity contribution < 1.29 is 21.8 Å². The van der Waals surface area contributed by atoms with Crippen LogP contribution in [0, 0.1) is 63.7 Å². The Labute approximate surface area is 167 Å². The van der Waals surface area contributed by atoms with Gasteiger partial charge < -0.3 is 10.5 Å². The van der Waals surface area contributed by atoms with Gasteiger partial charge in [0.15, 0.2) is 0 Å². The number of benzene rings is 1. The Morgan fingerprint density at radius 1 is 0.769 bits per heavy atom. The van der Waals surface area contributed by atoms with Crippen LogP contribution in [0.15, 0.2) is 30.3 Å². The fourth-order valence-electron chi connectivity index (χ4n) is 2.39. The van der Waals surface area contributed by atoms with E-state index in [1.54, 1.807) is 7.11 Å². The predicted octanol–water partition coefficient (Wildman–Crippen LogP) is 3.51. The van der Waals surface area contributed by atoms with E-state index in [-0.39, 0.29) is 23.0 Å². The van der Waals surface area contributed by atoms with E-state index in [0.717, 1.165) is 28.6 Å². The largest absolute Gasteiger partial charge is 2.00 e. The molecule has 10 radical (unpaired) electrons. The molecule has 0 amide bonds. The fourth-order valence-corrected chi connectivity index (χ4v) is 2.39. The maximum atomic E-state index is 5.81. The molecule has 0 saturated heterocycles. The number of nitrogen functional groups attached to an aromatic ring is 1. The Kier molecular flexibility index (Phi) is 8.40. The van der Waals surface area contributed by atoms with Gasteiger partial charge in [0.2, 0.25) is 5.95 Å². The molecule has 0 bridgehead atoms. The first kappa shape index (κ1) is 20.7. The summed E-state index contributed by atoms with van der Waals surface area (Å²) >= 11 is 0. The van der Waals surface area contributed by atoms with Gasteiger partial charge in [-0.15, -0.1) is 0 Å². The van der Waals surface area contributed by atoms with Crippen molar-refractivity contribution in [3.63, 3.8) is 0 Å². The molecule has 2 N–H and O–H groups in total. The van der Waals surface area contributed by atoms with Crippen LogP contribution in [-0.2, 0) is 17.1 Å². The third-order valence-corrected chi connectivity index (χ3v) is 3.64. The minimum absolute atomic E-state index is 0. The van der Waals surface area contributed by atoms with Crippen LogP contribution in [-0.4, -0.2) is 17.1 Å². The number of hydrogen-bond donors (Lipinski definition) is 1. The molecule has 1 aromatic heterocycles. The summed E-state index contributed by atoms with van der Waals surface area (Å²) in [7, 11) is 1.64. The van der Waals surface area contributed by atoms with Gasteiger partial charge >= 0.3 is 17.1 Å². The van der Waals surface area contributed by atoms with Crippen molar-refractivity contribution in [3.05, 3.63) is 99.7 Å². The molecule has 1 aromatic carbocycles. The first-order chi connectivity index (χ1) is 12.3. The van der Waals surface area contributed by atoms with Crippen molar-refractivity contribution >= 4 is 5.95 Å². The van der Waals surface area contributed by atoms with Gasteiger partial charge in [0.1, 0.15) is 5.75 Å².